The fourth-order valence-electron chi connectivity index (χ4n) is 4.31. The summed E-state index contributed by atoms with van der Waals surface area (Å²) in [5.41, 5.74) is 4.91. The Morgan fingerprint density at radius 2 is 1.22 bits per heavy atom. The van der Waals surface area contributed by atoms with Crippen molar-refractivity contribution >= 4 is 0 Å². The molecule has 0 aliphatic carbocycles. The maximum Gasteiger partial charge on any atom is 0.231 e. The summed E-state index contributed by atoms with van der Waals surface area (Å²) < 4.78 is 28.0. The van der Waals surface area contributed by atoms with Crippen LogP contribution in [0, 0.1) is 0 Å². The van der Waals surface area contributed by atoms with Crippen LogP contribution in [0.2, 0.25) is 0 Å². The second-order valence-electron chi connectivity index (χ2n) is 8.77. The number of benzene rings is 4. The van der Waals surface area contributed by atoms with Gasteiger partial charge in [-0.2, -0.15) is 0 Å². The summed E-state index contributed by atoms with van der Waals surface area (Å²) in [6.07, 6.45) is 3.68. The van der Waals surface area contributed by atoms with Crippen LogP contribution in [0.25, 0.3) is 0 Å². The number of methoxy groups -OCH3 is 2. The van der Waals surface area contributed by atoms with E-state index in [-0.39, 0.29) is 0 Å². The van der Waals surface area contributed by atoms with Crippen LogP contribution < -0.4 is 23.7 Å². The molecule has 0 unspecified atom stereocenters. The number of fused-ring (bicyclic) bond motifs is 1. The number of ether oxygens (including phenoxy) is 5. The van der Waals surface area contributed by atoms with E-state index in [0.29, 0.717) is 18.3 Å². The molecule has 0 saturated heterocycles. The zero-order valence-electron chi connectivity index (χ0n) is 20.7. The molecule has 5 rings (SSSR count). The van der Waals surface area contributed by atoms with Crippen molar-refractivity contribution in [1.82, 2.24) is 0 Å². The van der Waals surface area contributed by atoms with E-state index in [1.54, 1.807) is 14.2 Å². The van der Waals surface area contributed by atoms with Gasteiger partial charge in [-0.3, -0.25) is 0 Å². The average Bonchev–Trinajstić information content (AvgIpc) is 3.40. The number of hydrogen-bond acceptors (Lipinski definition) is 5. The van der Waals surface area contributed by atoms with E-state index in [4.69, 9.17) is 23.7 Å². The molecule has 0 radical (unpaired) electrons. The molecule has 0 spiro atoms. The van der Waals surface area contributed by atoms with Crippen LogP contribution in [0.4, 0.5) is 0 Å². The van der Waals surface area contributed by atoms with Gasteiger partial charge in [0.2, 0.25) is 6.79 Å². The molecule has 36 heavy (non-hydrogen) atoms. The lowest BCUT2D eigenvalue weighted by Crippen LogP contribution is -1.96. The molecule has 4 aromatic rings. The molecule has 5 nitrogen and oxygen atoms in total. The normalized spacial score (nSPS) is 11.8. The third kappa shape index (κ3) is 5.74. The molecule has 1 aliphatic rings. The molecular weight excluding hydrogens is 452 g/mol. The van der Waals surface area contributed by atoms with E-state index in [2.05, 4.69) is 48.5 Å². The Kier molecular flexibility index (Phi) is 7.27. The smallest absolute Gasteiger partial charge is 0.231 e. The Hall–Kier alpha value is -4.12. The summed E-state index contributed by atoms with van der Waals surface area (Å²) >= 11 is 0. The summed E-state index contributed by atoms with van der Waals surface area (Å²) in [7, 11) is 3.36. The average molecular weight is 483 g/mol. The lowest BCUT2D eigenvalue weighted by atomic mass is 10.0. The molecule has 0 saturated carbocycles. The first kappa shape index (κ1) is 23.6. The predicted octanol–water partition coefficient (Wildman–Crippen LogP) is 6.80. The van der Waals surface area contributed by atoms with Crippen LogP contribution in [0.15, 0.2) is 84.9 Å². The van der Waals surface area contributed by atoms with Crippen molar-refractivity contribution in [3.8, 4) is 34.5 Å². The van der Waals surface area contributed by atoms with Crippen molar-refractivity contribution in [1.29, 1.82) is 0 Å². The summed E-state index contributed by atoms with van der Waals surface area (Å²) in [5.74, 6) is 4.74. The molecule has 0 fully saturated rings. The van der Waals surface area contributed by atoms with E-state index < -0.39 is 0 Å². The topological polar surface area (TPSA) is 46.2 Å². The van der Waals surface area contributed by atoms with Gasteiger partial charge in [0.05, 0.1) is 14.2 Å². The highest BCUT2D eigenvalue weighted by Gasteiger charge is 2.13. The molecule has 0 aromatic heterocycles. The highest BCUT2D eigenvalue weighted by Crippen LogP contribution is 2.34. The molecule has 1 heterocycles. The largest absolute Gasteiger partial charge is 0.497 e. The molecule has 0 amide bonds. The van der Waals surface area contributed by atoms with Gasteiger partial charge in [0.1, 0.15) is 11.5 Å². The highest BCUT2D eigenvalue weighted by molar-refractivity contribution is 5.47. The molecule has 5 heteroatoms. The zero-order valence-corrected chi connectivity index (χ0v) is 20.7. The molecule has 0 atom stereocenters. The quantitative estimate of drug-likeness (QED) is 0.249. The highest BCUT2D eigenvalue weighted by atomic mass is 16.7. The van der Waals surface area contributed by atoms with Crippen LogP contribution in [0.3, 0.4) is 0 Å². The Morgan fingerprint density at radius 3 is 2.00 bits per heavy atom. The summed E-state index contributed by atoms with van der Waals surface area (Å²) in [6.45, 7) is 0.302. The lowest BCUT2D eigenvalue weighted by molar-refractivity contribution is 0.174. The fourth-order valence-corrected chi connectivity index (χ4v) is 4.31. The maximum absolute atomic E-state index is 6.22. The van der Waals surface area contributed by atoms with Gasteiger partial charge < -0.3 is 23.7 Å². The molecule has 0 bridgehead atoms. The summed E-state index contributed by atoms with van der Waals surface area (Å²) in [5, 5.41) is 0. The second kappa shape index (κ2) is 11.1. The van der Waals surface area contributed by atoms with Crippen LogP contribution in [-0.2, 0) is 25.7 Å². The minimum atomic E-state index is 0.302. The molecule has 4 aromatic carbocycles. The van der Waals surface area contributed by atoms with Crippen molar-refractivity contribution in [3.05, 3.63) is 107 Å². The Bertz CT molecular complexity index is 1310. The first-order valence-electron chi connectivity index (χ1n) is 12.2. The maximum atomic E-state index is 6.22. The van der Waals surface area contributed by atoms with Crippen molar-refractivity contribution in [2.75, 3.05) is 21.0 Å². The monoisotopic (exact) mass is 482 g/mol. The SMILES string of the molecule is COc1cccc(CCc2ccc(OC)c(Oc3ccc(CCc4ccc5c(c4)OCO5)cc3)c2)c1. The Labute approximate surface area is 212 Å². The van der Waals surface area contributed by atoms with Gasteiger partial charge >= 0.3 is 0 Å². The lowest BCUT2D eigenvalue weighted by Gasteiger charge is -2.13. The van der Waals surface area contributed by atoms with Gasteiger partial charge in [-0.25, -0.2) is 0 Å². The molecule has 1 aliphatic heterocycles. The van der Waals surface area contributed by atoms with Crippen molar-refractivity contribution in [3.63, 3.8) is 0 Å². The van der Waals surface area contributed by atoms with E-state index in [9.17, 15) is 0 Å². The van der Waals surface area contributed by atoms with Crippen molar-refractivity contribution in [2.45, 2.75) is 25.7 Å². The standard InChI is InChI=1S/C31H30O5/c1-32-27-5-3-4-23(18-27)8-9-25-12-16-28(33-2)31(20-25)36-26-14-10-22(11-15-26)6-7-24-13-17-29-30(19-24)35-21-34-29/h3-5,10-20H,6-9,21H2,1-2H3. The van der Waals surface area contributed by atoms with Gasteiger partial charge in [0, 0.05) is 0 Å². The Morgan fingerprint density at radius 1 is 0.556 bits per heavy atom. The third-order valence-electron chi connectivity index (χ3n) is 6.36. The second-order valence-corrected chi connectivity index (χ2v) is 8.77. The fraction of sp³-hybridized carbons (Fsp3) is 0.226. The number of aryl methyl sites for hydroxylation is 4. The number of rotatable bonds is 10. The minimum Gasteiger partial charge on any atom is -0.497 e. The minimum absolute atomic E-state index is 0.302. The first-order valence-corrected chi connectivity index (χ1v) is 12.2. The van der Waals surface area contributed by atoms with Gasteiger partial charge in [0.25, 0.3) is 0 Å². The zero-order chi connectivity index (χ0) is 24.7. The van der Waals surface area contributed by atoms with Gasteiger partial charge in [0.15, 0.2) is 23.0 Å². The van der Waals surface area contributed by atoms with Gasteiger partial charge in [-0.15, -0.1) is 0 Å². The Balaban J connectivity index is 1.21. The van der Waals surface area contributed by atoms with Crippen LogP contribution in [0.5, 0.6) is 34.5 Å². The third-order valence-corrected chi connectivity index (χ3v) is 6.36. The summed E-state index contributed by atoms with van der Waals surface area (Å²) in [4.78, 5) is 0. The number of hydrogen-bond donors (Lipinski definition) is 0. The van der Waals surface area contributed by atoms with Crippen LogP contribution in [-0.4, -0.2) is 21.0 Å². The van der Waals surface area contributed by atoms with Gasteiger partial charge in [-0.05, 0) is 96.5 Å². The molecule has 0 N–H and O–H groups in total. The van der Waals surface area contributed by atoms with Crippen molar-refractivity contribution in [2.24, 2.45) is 0 Å². The summed E-state index contributed by atoms with van der Waals surface area (Å²) in [6, 6.07) is 28.7. The van der Waals surface area contributed by atoms with E-state index in [1.807, 2.05) is 36.4 Å². The van der Waals surface area contributed by atoms with Crippen molar-refractivity contribution < 1.29 is 23.7 Å². The van der Waals surface area contributed by atoms with Crippen LogP contribution in [0.1, 0.15) is 22.3 Å². The van der Waals surface area contributed by atoms with E-state index in [1.165, 1.54) is 22.3 Å². The predicted molar refractivity (Wildman–Crippen MR) is 140 cm³/mol. The molecular formula is C31H30O5. The first-order chi connectivity index (χ1) is 17.7. The van der Waals surface area contributed by atoms with Crippen LogP contribution >= 0.6 is 0 Å². The van der Waals surface area contributed by atoms with Gasteiger partial charge in [-0.1, -0.05) is 36.4 Å². The van der Waals surface area contributed by atoms with E-state index in [0.717, 1.165) is 48.7 Å². The molecule has 184 valence electrons. The van der Waals surface area contributed by atoms with E-state index >= 15 is 0 Å².